The van der Waals surface area contributed by atoms with Crippen molar-refractivity contribution in [2.75, 3.05) is 24.8 Å². The fourth-order valence-electron chi connectivity index (χ4n) is 2.05. The van der Waals surface area contributed by atoms with Crippen LogP contribution in [0.4, 0.5) is 0 Å². The van der Waals surface area contributed by atoms with Gasteiger partial charge in [-0.25, -0.2) is 0 Å². The maximum atomic E-state index is 11.9. The molecular formula is C14H18N2O3S. The molecule has 0 aromatic heterocycles. The van der Waals surface area contributed by atoms with Crippen molar-refractivity contribution in [1.29, 1.82) is 0 Å². The minimum atomic E-state index is -0.324. The molecule has 0 bridgehead atoms. The number of nitrogens with zero attached hydrogens (tertiary/aromatic N) is 1. The molecule has 0 unspecified atom stereocenters. The van der Waals surface area contributed by atoms with E-state index in [1.807, 2.05) is 30.3 Å². The first kappa shape index (κ1) is 14.9. The summed E-state index contributed by atoms with van der Waals surface area (Å²) in [5.74, 6) is 0.778. The van der Waals surface area contributed by atoms with Gasteiger partial charge in [-0.15, -0.1) is 11.8 Å². The monoisotopic (exact) mass is 294 g/mol. The molecule has 2 N–H and O–H groups in total. The van der Waals surface area contributed by atoms with Crippen LogP contribution in [0.2, 0.25) is 0 Å². The highest BCUT2D eigenvalue weighted by molar-refractivity contribution is 8.00. The molecule has 20 heavy (non-hydrogen) atoms. The maximum absolute atomic E-state index is 11.9. The second-order valence-electron chi connectivity index (χ2n) is 4.71. The van der Waals surface area contributed by atoms with Crippen LogP contribution in [0.3, 0.4) is 0 Å². The van der Waals surface area contributed by atoms with Crippen molar-refractivity contribution in [3.8, 4) is 0 Å². The average Bonchev–Trinajstić information content (AvgIpc) is 2.84. The fourth-order valence-corrected chi connectivity index (χ4v) is 2.95. The number of carbonyl (C=O) groups excluding carboxylic acids is 2. The van der Waals surface area contributed by atoms with E-state index in [9.17, 15) is 14.7 Å². The quantitative estimate of drug-likeness (QED) is 0.788. The molecule has 0 spiro atoms. The predicted molar refractivity (Wildman–Crippen MR) is 78.2 cm³/mol. The molecule has 1 aliphatic rings. The molecule has 1 heterocycles. The van der Waals surface area contributed by atoms with E-state index in [2.05, 4.69) is 5.32 Å². The Morgan fingerprint density at radius 3 is 2.75 bits per heavy atom. The lowest BCUT2D eigenvalue weighted by Gasteiger charge is -2.19. The highest BCUT2D eigenvalue weighted by Gasteiger charge is 2.23. The van der Waals surface area contributed by atoms with Gasteiger partial charge in [-0.2, -0.15) is 0 Å². The van der Waals surface area contributed by atoms with Crippen LogP contribution in [-0.2, 0) is 16.0 Å². The van der Waals surface area contributed by atoms with Gasteiger partial charge in [-0.3, -0.25) is 9.59 Å². The maximum Gasteiger partial charge on any atom is 0.239 e. The molecule has 1 atom stereocenters. The summed E-state index contributed by atoms with van der Waals surface area (Å²) in [4.78, 5) is 24.8. The van der Waals surface area contributed by atoms with Gasteiger partial charge in [0.15, 0.2) is 0 Å². The topological polar surface area (TPSA) is 69.6 Å². The third-order valence-corrected chi connectivity index (χ3v) is 4.02. The van der Waals surface area contributed by atoms with Crippen LogP contribution in [0.15, 0.2) is 30.3 Å². The minimum absolute atomic E-state index is 0.00578. The molecule has 6 heteroatoms. The highest BCUT2D eigenvalue weighted by Crippen LogP contribution is 2.14. The Morgan fingerprint density at radius 2 is 2.15 bits per heavy atom. The Balaban J connectivity index is 1.83. The van der Waals surface area contributed by atoms with E-state index in [1.54, 1.807) is 0 Å². The Kier molecular flexibility index (Phi) is 5.43. The number of amides is 2. The average molecular weight is 294 g/mol. The Morgan fingerprint density at radius 1 is 1.40 bits per heavy atom. The van der Waals surface area contributed by atoms with Crippen molar-refractivity contribution in [2.24, 2.45) is 0 Å². The smallest absolute Gasteiger partial charge is 0.239 e. The van der Waals surface area contributed by atoms with Gasteiger partial charge >= 0.3 is 0 Å². The van der Waals surface area contributed by atoms with Gasteiger partial charge in [-0.1, -0.05) is 30.3 Å². The molecule has 2 rings (SSSR count). The van der Waals surface area contributed by atoms with Crippen molar-refractivity contribution in [3.05, 3.63) is 35.9 Å². The van der Waals surface area contributed by atoms with Crippen molar-refractivity contribution in [1.82, 2.24) is 10.2 Å². The predicted octanol–water partition coefficient (Wildman–Crippen LogP) is 0.239. The summed E-state index contributed by atoms with van der Waals surface area (Å²) in [7, 11) is 0. The molecule has 108 valence electrons. The molecule has 1 saturated heterocycles. The van der Waals surface area contributed by atoms with E-state index in [0.717, 1.165) is 5.56 Å². The number of nitrogens with one attached hydrogen (secondary N) is 1. The summed E-state index contributed by atoms with van der Waals surface area (Å²) in [6.07, 6.45) is 0.575. The lowest BCUT2D eigenvalue weighted by molar-refractivity contribution is -0.132. The van der Waals surface area contributed by atoms with Crippen LogP contribution in [0.1, 0.15) is 5.56 Å². The number of carbonyl (C=O) groups is 2. The third kappa shape index (κ3) is 4.25. The third-order valence-electron chi connectivity index (χ3n) is 3.07. The number of hydrogen-bond donors (Lipinski definition) is 2. The van der Waals surface area contributed by atoms with Crippen LogP contribution in [0.25, 0.3) is 0 Å². The minimum Gasteiger partial charge on any atom is -0.394 e. The van der Waals surface area contributed by atoms with Crippen LogP contribution >= 0.6 is 11.8 Å². The number of aliphatic hydroxyl groups excluding tert-OH is 1. The fraction of sp³-hybridized carbons (Fsp3) is 0.429. The summed E-state index contributed by atoms with van der Waals surface area (Å²) in [5, 5.41) is 12.1. The van der Waals surface area contributed by atoms with Crippen LogP contribution in [0.5, 0.6) is 0 Å². The van der Waals surface area contributed by atoms with E-state index < -0.39 is 0 Å². The number of benzene rings is 1. The Bertz CT molecular complexity index is 467. The molecule has 1 aromatic rings. The lowest BCUT2D eigenvalue weighted by Crippen LogP contribution is -2.45. The zero-order valence-corrected chi connectivity index (χ0v) is 11.9. The molecule has 1 fully saturated rings. The zero-order chi connectivity index (χ0) is 14.4. The van der Waals surface area contributed by atoms with Crippen molar-refractivity contribution >= 4 is 23.6 Å². The highest BCUT2D eigenvalue weighted by atomic mass is 32.2. The number of rotatable bonds is 6. The molecule has 2 amide bonds. The van der Waals surface area contributed by atoms with Gasteiger partial charge in [0.05, 0.1) is 24.3 Å². The van der Waals surface area contributed by atoms with Gasteiger partial charge in [0, 0.05) is 0 Å². The molecule has 1 aromatic carbocycles. The number of thioether (sulfide) groups is 1. The second kappa shape index (κ2) is 7.31. The first-order valence-corrected chi connectivity index (χ1v) is 7.64. The molecular weight excluding hydrogens is 276 g/mol. The summed E-state index contributed by atoms with van der Waals surface area (Å²) < 4.78 is 0. The van der Waals surface area contributed by atoms with E-state index >= 15 is 0 Å². The summed E-state index contributed by atoms with van der Waals surface area (Å²) >= 11 is 1.51. The van der Waals surface area contributed by atoms with Gasteiger partial charge in [0.25, 0.3) is 0 Å². The summed E-state index contributed by atoms with van der Waals surface area (Å²) in [6, 6.07) is 9.35. The molecule has 5 nitrogen and oxygen atoms in total. The Hall–Kier alpha value is -1.53. The van der Waals surface area contributed by atoms with E-state index in [1.165, 1.54) is 16.7 Å². The van der Waals surface area contributed by atoms with E-state index in [4.69, 9.17) is 0 Å². The molecule has 0 radical (unpaired) electrons. The van der Waals surface area contributed by atoms with Crippen LogP contribution in [0, 0.1) is 0 Å². The van der Waals surface area contributed by atoms with E-state index in [-0.39, 0.29) is 31.0 Å². The molecule has 1 aliphatic heterocycles. The van der Waals surface area contributed by atoms with E-state index in [0.29, 0.717) is 18.1 Å². The zero-order valence-electron chi connectivity index (χ0n) is 11.1. The normalized spacial score (nSPS) is 16.2. The molecule has 0 saturated carbocycles. The van der Waals surface area contributed by atoms with Crippen LogP contribution < -0.4 is 5.32 Å². The van der Waals surface area contributed by atoms with Crippen molar-refractivity contribution in [2.45, 2.75) is 12.5 Å². The largest absolute Gasteiger partial charge is 0.394 e. The number of hydrogen-bond acceptors (Lipinski definition) is 4. The summed E-state index contributed by atoms with van der Waals surface area (Å²) in [6.45, 7) is -0.0551. The standard InChI is InChI=1S/C14H18N2O3S/c17-8-12(6-11-4-2-1-3-5-11)15-13(18)7-16-10-20-9-14(16)19/h1-5,12,17H,6-10H2,(H,15,18)/t12-/m0/s1. The van der Waals surface area contributed by atoms with Crippen molar-refractivity contribution in [3.63, 3.8) is 0 Å². The first-order valence-electron chi connectivity index (χ1n) is 6.48. The summed E-state index contributed by atoms with van der Waals surface area (Å²) in [5.41, 5.74) is 1.06. The lowest BCUT2D eigenvalue weighted by atomic mass is 10.1. The Labute approximate surface area is 122 Å². The van der Waals surface area contributed by atoms with Gasteiger partial charge in [0.1, 0.15) is 6.54 Å². The SMILES string of the molecule is O=C(CN1CSCC1=O)N[C@H](CO)Cc1ccccc1. The van der Waals surface area contributed by atoms with Crippen molar-refractivity contribution < 1.29 is 14.7 Å². The van der Waals surface area contributed by atoms with Gasteiger partial charge in [-0.05, 0) is 12.0 Å². The van der Waals surface area contributed by atoms with Gasteiger partial charge < -0.3 is 15.3 Å². The van der Waals surface area contributed by atoms with Gasteiger partial charge in [0.2, 0.25) is 11.8 Å². The number of aliphatic hydroxyl groups is 1. The van der Waals surface area contributed by atoms with Crippen LogP contribution in [-0.4, -0.2) is 52.6 Å². The molecule has 0 aliphatic carbocycles. The second-order valence-corrected chi connectivity index (χ2v) is 5.66. The first-order chi connectivity index (χ1) is 9.69.